The van der Waals surface area contributed by atoms with Crippen LogP contribution >= 0.6 is 0 Å². The molecule has 0 amide bonds. The van der Waals surface area contributed by atoms with E-state index in [1.165, 1.54) is 13.4 Å². The number of carbonyl (C=O) groups excluding carboxylic acids is 1. The summed E-state index contributed by atoms with van der Waals surface area (Å²) in [7, 11) is 2.93. The molecule has 1 aromatic heterocycles. The first-order valence-corrected chi connectivity index (χ1v) is 5.78. The van der Waals surface area contributed by atoms with Crippen molar-refractivity contribution >= 4 is 11.7 Å². The zero-order valence-corrected chi connectivity index (χ0v) is 10.8. The van der Waals surface area contributed by atoms with Crippen LogP contribution in [0.15, 0.2) is 41.0 Å². The number of para-hydroxylation sites is 2. The van der Waals surface area contributed by atoms with Crippen LogP contribution in [0, 0.1) is 0 Å². The Hall–Kier alpha value is -2.43. The van der Waals surface area contributed by atoms with Crippen molar-refractivity contribution in [3.05, 3.63) is 47.9 Å². The largest absolute Gasteiger partial charge is 0.495 e. The van der Waals surface area contributed by atoms with E-state index >= 15 is 0 Å². The molecule has 0 saturated carbocycles. The molecule has 1 heterocycles. The quantitative estimate of drug-likeness (QED) is 0.838. The van der Waals surface area contributed by atoms with Crippen LogP contribution in [-0.4, -0.2) is 20.2 Å². The molecule has 100 valence electrons. The van der Waals surface area contributed by atoms with Crippen LogP contribution in [0.2, 0.25) is 0 Å². The molecule has 0 radical (unpaired) electrons. The number of hydrogen-bond acceptors (Lipinski definition) is 5. The lowest BCUT2D eigenvalue weighted by Crippen LogP contribution is -2.07. The van der Waals surface area contributed by atoms with Gasteiger partial charge in [0.1, 0.15) is 5.75 Å². The predicted molar refractivity (Wildman–Crippen MR) is 70.4 cm³/mol. The molecule has 1 aromatic carbocycles. The third-order valence-electron chi connectivity index (χ3n) is 2.69. The van der Waals surface area contributed by atoms with Gasteiger partial charge in [0.05, 0.1) is 26.2 Å². The summed E-state index contributed by atoms with van der Waals surface area (Å²) in [5.74, 6) is 0.470. The standard InChI is InChI=1S/C14H15NO4/c1-17-12-6-4-3-5-11(12)15-9-10-7-8-19-13(10)14(16)18-2/h3-8,15H,9H2,1-2H3. The Labute approximate surface area is 111 Å². The van der Waals surface area contributed by atoms with Gasteiger partial charge in [-0.25, -0.2) is 4.79 Å². The van der Waals surface area contributed by atoms with Crippen LogP contribution in [-0.2, 0) is 11.3 Å². The van der Waals surface area contributed by atoms with Gasteiger partial charge in [-0.3, -0.25) is 0 Å². The average Bonchev–Trinajstić information content (AvgIpc) is 2.93. The van der Waals surface area contributed by atoms with Gasteiger partial charge in [-0.1, -0.05) is 12.1 Å². The molecule has 0 atom stereocenters. The first-order chi connectivity index (χ1) is 9.26. The molecule has 0 bridgehead atoms. The summed E-state index contributed by atoms with van der Waals surface area (Å²) < 4.78 is 15.0. The number of nitrogens with one attached hydrogen (secondary N) is 1. The van der Waals surface area contributed by atoms with Crippen molar-refractivity contribution < 1.29 is 18.7 Å². The zero-order valence-electron chi connectivity index (χ0n) is 10.8. The number of hydrogen-bond donors (Lipinski definition) is 1. The van der Waals surface area contributed by atoms with Crippen LogP contribution in [0.3, 0.4) is 0 Å². The van der Waals surface area contributed by atoms with E-state index in [9.17, 15) is 4.79 Å². The minimum atomic E-state index is -0.484. The highest BCUT2D eigenvalue weighted by atomic mass is 16.5. The number of rotatable bonds is 5. The third kappa shape index (κ3) is 2.88. The Bertz CT molecular complexity index is 562. The lowest BCUT2D eigenvalue weighted by Gasteiger charge is -2.10. The monoisotopic (exact) mass is 261 g/mol. The first-order valence-electron chi connectivity index (χ1n) is 5.78. The van der Waals surface area contributed by atoms with Crippen LogP contribution in [0.5, 0.6) is 5.75 Å². The second-order valence-electron chi connectivity index (χ2n) is 3.82. The van der Waals surface area contributed by atoms with Crippen molar-refractivity contribution in [1.29, 1.82) is 0 Å². The number of benzene rings is 1. The Kier molecular flexibility index (Phi) is 4.07. The molecule has 0 saturated heterocycles. The van der Waals surface area contributed by atoms with Crippen molar-refractivity contribution in [2.75, 3.05) is 19.5 Å². The van der Waals surface area contributed by atoms with Gasteiger partial charge in [0.2, 0.25) is 5.76 Å². The normalized spacial score (nSPS) is 10.0. The molecule has 0 aliphatic heterocycles. The van der Waals surface area contributed by atoms with Gasteiger partial charge >= 0.3 is 5.97 Å². The van der Waals surface area contributed by atoms with Crippen molar-refractivity contribution in [3.63, 3.8) is 0 Å². The van der Waals surface area contributed by atoms with Crippen molar-refractivity contribution in [1.82, 2.24) is 0 Å². The number of ether oxygens (including phenoxy) is 2. The molecule has 5 heteroatoms. The molecule has 5 nitrogen and oxygen atoms in total. The molecule has 1 N–H and O–H groups in total. The highest BCUT2D eigenvalue weighted by molar-refractivity contribution is 5.87. The van der Waals surface area contributed by atoms with Gasteiger partial charge in [-0.2, -0.15) is 0 Å². The molecule has 0 aliphatic carbocycles. The van der Waals surface area contributed by atoms with Crippen LogP contribution in [0.25, 0.3) is 0 Å². The minimum Gasteiger partial charge on any atom is -0.495 e. The highest BCUT2D eigenvalue weighted by Crippen LogP contribution is 2.24. The van der Waals surface area contributed by atoms with E-state index in [0.717, 1.165) is 17.0 Å². The summed E-state index contributed by atoms with van der Waals surface area (Å²) in [5, 5.41) is 3.19. The fraction of sp³-hybridized carbons (Fsp3) is 0.214. The number of furan rings is 1. The Balaban J connectivity index is 2.11. The van der Waals surface area contributed by atoms with E-state index < -0.39 is 5.97 Å². The summed E-state index contributed by atoms with van der Waals surface area (Å²) >= 11 is 0. The van der Waals surface area contributed by atoms with Crippen molar-refractivity contribution in [2.24, 2.45) is 0 Å². The van der Waals surface area contributed by atoms with E-state index in [4.69, 9.17) is 9.15 Å². The Morgan fingerprint density at radius 1 is 1.26 bits per heavy atom. The molecule has 2 rings (SSSR count). The molecule has 0 spiro atoms. The van der Waals surface area contributed by atoms with Gasteiger partial charge in [-0.15, -0.1) is 0 Å². The first kappa shape index (κ1) is 13.0. The fourth-order valence-electron chi connectivity index (χ4n) is 1.73. The van der Waals surface area contributed by atoms with E-state index in [1.54, 1.807) is 13.2 Å². The van der Waals surface area contributed by atoms with Gasteiger partial charge in [0.15, 0.2) is 0 Å². The van der Waals surface area contributed by atoms with Gasteiger partial charge in [0.25, 0.3) is 0 Å². The maximum absolute atomic E-state index is 11.5. The summed E-state index contributed by atoms with van der Waals surface area (Å²) in [6.45, 7) is 0.446. The Morgan fingerprint density at radius 3 is 2.79 bits per heavy atom. The molecule has 0 aliphatic rings. The maximum Gasteiger partial charge on any atom is 0.374 e. The van der Waals surface area contributed by atoms with Crippen LogP contribution < -0.4 is 10.1 Å². The molecule has 0 fully saturated rings. The number of methoxy groups -OCH3 is 2. The molecule has 19 heavy (non-hydrogen) atoms. The maximum atomic E-state index is 11.5. The molecular formula is C14H15NO4. The molecule has 0 unspecified atom stereocenters. The fourth-order valence-corrected chi connectivity index (χ4v) is 1.73. The van der Waals surface area contributed by atoms with Crippen molar-refractivity contribution in [2.45, 2.75) is 6.54 Å². The van der Waals surface area contributed by atoms with Gasteiger partial charge in [0, 0.05) is 12.1 Å². The van der Waals surface area contributed by atoms with Crippen molar-refractivity contribution in [3.8, 4) is 5.75 Å². The number of anilines is 1. The molecular weight excluding hydrogens is 246 g/mol. The van der Waals surface area contributed by atoms with Gasteiger partial charge < -0.3 is 19.2 Å². The molecule has 2 aromatic rings. The Morgan fingerprint density at radius 2 is 2.05 bits per heavy atom. The van der Waals surface area contributed by atoms with E-state index in [-0.39, 0.29) is 5.76 Å². The summed E-state index contributed by atoms with van der Waals surface area (Å²) in [6, 6.07) is 9.29. The van der Waals surface area contributed by atoms with E-state index in [0.29, 0.717) is 6.54 Å². The lowest BCUT2D eigenvalue weighted by molar-refractivity contribution is 0.0563. The zero-order chi connectivity index (χ0) is 13.7. The SMILES string of the molecule is COC(=O)c1occc1CNc1ccccc1OC. The summed E-state index contributed by atoms with van der Waals surface area (Å²) in [6.07, 6.45) is 1.46. The summed E-state index contributed by atoms with van der Waals surface area (Å²) in [5.41, 5.74) is 1.58. The van der Waals surface area contributed by atoms with Crippen LogP contribution in [0.1, 0.15) is 16.1 Å². The minimum absolute atomic E-state index is 0.213. The van der Waals surface area contributed by atoms with E-state index in [2.05, 4.69) is 10.1 Å². The average molecular weight is 261 g/mol. The smallest absolute Gasteiger partial charge is 0.374 e. The second kappa shape index (κ2) is 5.95. The van der Waals surface area contributed by atoms with Gasteiger partial charge in [-0.05, 0) is 18.2 Å². The second-order valence-corrected chi connectivity index (χ2v) is 3.82. The highest BCUT2D eigenvalue weighted by Gasteiger charge is 2.15. The third-order valence-corrected chi connectivity index (χ3v) is 2.69. The van der Waals surface area contributed by atoms with Crippen LogP contribution in [0.4, 0.5) is 5.69 Å². The number of esters is 1. The topological polar surface area (TPSA) is 60.7 Å². The number of carbonyl (C=O) groups is 1. The van der Waals surface area contributed by atoms with E-state index in [1.807, 2.05) is 24.3 Å². The predicted octanol–water partition coefficient (Wildman–Crippen LogP) is 2.69. The lowest BCUT2D eigenvalue weighted by atomic mass is 10.2. The summed E-state index contributed by atoms with van der Waals surface area (Å²) in [4.78, 5) is 11.5.